The molecule has 1 aromatic carbocycles. The highest BCUT2D eigenvalue weighted by Crippen LogP contribution is 2.32. The second-order valence-electron chi connectivity index (χ2n) is 6.65. The van der Waals surface area contributed by atoms with Gasteiger partial charge in [-0.1, -0.05) is 0 Å². The van der Waals surface area contributed by atoms with Gasteiger partial charge in [-0.3, -0.25) is 4.90 Å². The van der Waals surface area contributed by atoms with Crippen LogP contribution in [0.2, 0.25) is 0 Å². The molecule has 3 heterocycles. The van der Waals surface area contributed by atoms with Crippen molar-refractivity contribution >= 4 is 0 Å². The monoisotopic (exact) mass is 365 g/mol. The van der Waals surface area contributed by atoms with Crippen LogP contribution in [0.25, 0.3) is 0 Å². The van der Waals surface area contributed by atoms with Gasteiger partial charge in [-0.15, -0.1) is 0 Å². The molecule has 1 atom stereocenters. The fraction of sp³-hybridized carbons (Fsp3) is 0.350. The first-order valence-corrected chi connectivity index (χ1v) is 9.11. The van der Waals surface area contributed by atoms with Crippen molar-refractivity contribution in [3.05, 3.63) is 60.1 Å². The maximum Gasteiger partial charge on any atom is 0.222 e. The Balaban J connectivity index is 1.54. The Labute approximate surface area is 158 Å². The zero-order valence-electron chi connectivity index (χ0n) is 15.6. The highest BCUT2D eigenvalue weighted by atomic mass is 16.5. The first-order valence-electron chi connectivity index (χ1n) is 9.11. The minimum atomic E-state index is 0.174. The third kappa shape index (κ3) is 4.09. The first-order chi connectivity index (χ1) is 13.2. The molecule has 3 aromatic rings. The SMILES string of the molecule is COc1ccc(Oc2cc(C)nc([C@@H]3CCCN3Cc3ncc[nH]3)n2)cc1. The van der Waals surface area contributed by atoms with Gasteiger partial charge in [-0.05, 0) is 50.6 Å². The molecular formula is C20H23N5O2. The molecule has 27 heavy (non-hydrogen) atoms. The van der Waals surface area contributed by atoms with Gasteiger partial charge in [0.1, 0.15) is 23.1 Å². The van der Waals surface area contributed by atoms with Gasteiger partial charge in [-0.2, -0.15) is 4.98 Å². The zero-order valence-corrected chi connectivity index (χ0v) is 15.6. The number of nitrogens with zero attached hydrogens (tertiary/aromatic N) is 4. The molecule has 1 fully saturated rings. The van der Waals surface area contributed by atoms with Crippen molar-refractivity contribution in [1.29, 1.82) is 0 Å². The lowest BCUT2D eigenvalue weighted by Gasteiger charge is -2.22. The van der Waals surface area contributed by atoms with E-state index in [1.54, 1.807) is 13.3 Å². The van der Waals surface area contributed by atoms with Gasteiger partial charge in [0, 0.05) is 24.2 Å². The first kappa shape index (κ1) is 17.5. The molecule has 0 spiro atoms. The second kappa shape index (κ2) is 7.75. The number of ether oxygens (including phenoxy) is 2. The van der Waals surface area contributed by atoms with Crippen LogP contribution in [0.3, 0.4) is 0 Å². The Morgan fingerprint density at radius 2 is 2.00 bits per heavy atom. The summed E-state index contributed by atoms with van der Waals surface area (Å²) in [5.74, 6) is 3.85. The van der Waals surface area contributed by atoms with Crippen molar-refractivity contribution in [2.24, 2.45) is 0 Å². The minimum Gasteiger partial charge on any atom is -0.497 e. The maximum atomic E-state index is 5.96. The van der Waals surface area contributed by atoms with Gasteiger partial charge in [0.2, 0.25) is 5.88 Å². The lowest BCUT2D eigenvalue weighted by molar-refractivity contribution is 0.233. The number of hydrogen-bond donors (Lipinski definition) is 1. The third-order valence-electron chi connectivity index (χ3n) is 4.70. The summed E-state index contributed by atoms with van der Waals surface area (Å²) in [5.41, 5.74) is 0.897. The molecule has 1 aliphatic rings. The van der Waals surface area contributed by atoms with E-state index in [0.29, 0.717) is 5.88 Å². The Hall–Kier alpha value is -2.93. The molecule has 0 saturated carbocycles. The number of nitrogens with one attached hydrogen (secondary N) is 1. The molecule has 0 unspecified atom stereocenters. The van der Waals surface area contributed by atoms with Crippen LogP contribution in [-0.2, 0) is 6.54 Å². The summed E-state index contributed by atoms with van der Waals surface area (Å²) in [6.07, 6.45) is 5.79. The topological polar surface area (TPSA) is 76.2 Å². The quantitative estimate of drug-likeness (QED) is 0.719. The lowest BCUT2D eigenvalue weighted by atomic mass is 10.2. The van der Waals surface area contributed by atoms with E-state index in [4.69, 9.17) is 14.5 Å². The summed E-state index contributed by atoms with van der Waals surface area (Å²) in [5, 5.41) is 0. The number of likely N-dealkylation sites (tertiary alicyclic amines) is 1. The third-order valence-corrected chi connectivity index (χ3v) is 4.70. The van der Waals surface area contributed by atoms with Crippen LogP contribution < -0.4 is 9.47 Å². The summed E-state index contributed by atoms with van der Waals surface area (Å²) in [7, 11) is 1.64. The zero-order chi connectivity index (χ0) is 18.6. The molecule has 0 radical (unpaired) electrons. The van der Waals surface area contributed by atoms with Gasteiger partial charge in [-0.25, -0.2) is 9.97 Å². The molecule has 4 rings (SSSR count). The molecule has 7 nitrogen and oxygen atoms in total. The van der Waals surface area contributed by atoms with Crippen molar-refractivity contribution in [1.82, 2.24) is 24.8 Å². The summed E-state index contributed by atoms with van der Waals surface area (Å²) in [6.45, 7) is 3.75. The smallest absolute Gasteiger partial charge is 0.222 e. The van der Waals surface area contributed by atoms with Crippen molar-refractivity contribution in [2.45, 2.75) is 32.4 Å². The normalized spacial score (nSPS) is 17.2. The summed E-state index contributed by atoms with van der Waals surface area (Å²) >= 11 is 0. The summed E-state index contributed by atoms with van der Waals surface area (Å²) in [6, 6.07) is 9.51. The number of imidazole rings is 1. The fourth-order valence-corrected chi connectivity index (χ4v) is 3.41. The van der Waals surface area contributed by atoms with Crippen molar-refractivity contribution < 1.29 is 9.47 Å². The van der Waals surface area contributed by atoms with Crippen LogP contribution in [0, 0.1) is 6.92 Å². The van der Waals surface area contributed by atoms with Crippen LogP contribution in [-0.4, -0.2) is 38.5 Å². The molecule has 1 saturated heterocycles. The molecular weight excluding hydrogens is 342 g/mol. The Morgan fingerprint density at radius 3 is 2.74 bits per heavy atom. The summed E-state index contributed by atoms with van der Waals surface area (Å²) in [4.78, 5) is 19.3. The predicted molar refractivity (Wildman–Crippen MR) is 101 cm³/mol. The van der Waals surface area contributed by atoms with E-state index in [9.17, 15) is 0 Å². The van der Waals surface area contributed by atoms with E-state index in [-0.39, 0.29) is 6.04 Å². The van der Waals surface area contributed by atoms with Gasteiger partial charge < -0.3 is 14.5 Å². The number of aromatic nitrogens is 4. The van der Waals surface area contributed by atoms with Crippen LogP contribution in [0.5, 0.6) is 17.4 Å². The van der Waals surface area contributed by atoms with Crippen LogP contribution in [0.15, 0.2) is 42.7 Å². The van der Waals surface area contributed by atoms with Gasteiger partial charge in [0.25, 0.3) is 0 Å². The molecule has 0 aliphatic carbocycles. The highest BCUT2D eigenvalue weighted by molar-refractivity contribution is 5.34. The number of aryl methyl sites for hydroxylation is 1. The standard InChI is InChI=1S/C20H23N5O2/c1-14-12-19(27-16-7-5-15(26-2)6-8-16)24-20(23-14)17-4-3-11-25(17)13-18-21-9-10-22-18/h5-10,12,17H,3-4,11,13H2,1-2H3,(H,21,22)/t17-/m0/s1. The van der Waals surface area contributed by atoms with Crippen LogP contribution in [0.4, 0.5) is 0 Å². The van der Waals surface area contributed by atoms with E-state index in [1.165, 1.54) is 0 Å². The van der Waals surface area contributed by atoms with E-state index < -0.39 is 0 Å². The minimum absolute atomic E-state index is 0.174. The number of benzene rings is 1. The number of H-pyrrole nitrogens is 1. The number of rotatable bonds is 6. The molecule has 140 valence electrons. The highest BCUT2D eigenvalue weighted by Gasteiger charge is 2.29. The van der Waals surface area contributed by atoms with Crippen LogP contribution >= 0.6 is 0 Å². The number of hydrogen-bond acceptors (Lipinski definition) is 6. The van der Waals surface area contributed by atoms with Gasteiger partial charge in [0.15, 0.2) is 0 Å². The van der Waals surface area contributed by atoms with Crippen LogP contribution in [0.1, 0.15) is 36.2 Å². The van der Waals surface area contributed by atoms with Crippen molar-refractivity contribution in [3.8, 4) is 17.4 Å². The van der Waals surface area contributed by atoms with Crippen molar-refractivity contribution in [3.63, 3.8) is 0 Å². The average molecular weight is 365 g/mol. The Bertz CT molecular complexity index is 880. The number of methoxy groups -OCH3 is 1. The van der Waals surface area contributed by atoms with E-state index in [1.807, 2.05) is 43.5 Å². The molecule has 0 bridgehead atoms. The maximum absolute atomic E-state index is 5.96. The Kier molecular flexibility index (Phi) is 5.02. The molecule has 7 heteroatoms. The number of aromatic amines is 1. The lowest BCUT2D eigenvalue weighted by Crippen LogP contribution is -2.25. The largest absolute Gasteiger partial charge is 0.497 e. The van der Waals surface area contributed by atoms with Gasteiger partial charge >= 0.3 is 0 Å². The van der Waals surface area contributed by atoms with E-state index in [2.05, 4.69) is 19.9 Å². The molecule has 1 N–H and O–H groups in total. The van der Waals surface area contributed by atoms with E-state index in [0.717, 1.165) is 54.8 Å². The predicted octanol–water partition coefficient (Wildman–Crippen LogP) is 3.65. The average Bonchev–Trinajstić information content (AvgIpc) is 3.34. The van der Waals surface area contributed by atoms with Gasteiger partial charge in [0.05, 0.1) is 19.7 Å². The molecule has 2 aromatic heterocycles. The van der Waals surface area contributed by atoms with E-state index >= 15 is 0 Å². The Morgan fingerprint density at radius 1 is 1.19 bits per heavy atom. The second-order valence-corrected chi connectivity index (χ2v) is 6.65. The molecule has 0 amide bonds. The fourth-order valence-electron chi connectivity index (χ4n) is 3.41. The summed E-state index contributed by atoms with van der Waals surface area (Å²) < 4.78 is 11.1. The van der Waals surface area contributed by atoms with Crippen molar-refractivity contribution in [2.75, 3.05) is 13.7 Å². The molecule has 1 aliphatic heterocycles.